The van der Waals surface area contributed by atoms with Crippen LogP contribution >= 0.6 is 11.8 Å². The predicted octanol–water partition coefficient (Wildman–Crippen LogP) is 5.42. The number of rotatable bonds is 9. The van der Waals surface area contributed by atoms with Crippen molar-refractivity contribution < 1.29 is 33.3 Å². The smallest absolute Gasteiger partial charge is 0.305 e. The second kappa shape index (κ2) is 11.0. The quantitative estimate of drug-likeness (QED) is 0.274. The Balaban J connectivity index is 2.07. The number of benzene rings is 2. The van der Waals surface area contributed by atoms with Crippen molar-refractivity contribution in [1.82, 2.24) is 4.98 Å². The van der Waals surface area contributed by atoms with Gasteiger partial charge in [0, 0.05) is 39.3 Å². The van der Waals surface area contributed by atoms with E-state index in [2.05, 4.69) is 18.8 Å². The van der Waals surface area contributed by atoms with Gasteiger partial charge in [-0.25, -0.2) is 13.2 Å². The summed E-state index contributed by atoms with van der Waals surface area (Å²) in [6.07, 6.45) is 0.930. The third kappa shape index (κ3) is 6.16. The topological polar surface area (TPSA) is 90.7 Å². The molecule has 34 heavy (non-hydrogen) atoms. The SMILES string of the molecule is CC(C)Sc1ccc(-c2c(/C=C/[C@@H](O)C[C@@H](O)CC(=O)O)cnc3c(F)c(F)c(F)cc23)cc1. The van der Waals surface area contributed by atoms with Crippen molar-refractivity contribution in [2.24, 2.45) is 0 Å². The van der Waals surface area contributed by atoms with Crippen LogP contribution in [-0.4, -0.2) is 43.7 Å². The lowest BCUT2D eigenvalue weighted by Crippen LogP contribution is -2.19. The van der Waals surface area contributed by atoms with Crippen LogP contribution < -0.4 is 0 Å². The first-order valence-corrected chi connectivity index (χ1v) is 11.4. The van der Waals surface area contributed by atoms with Gasteiger partial charge in [0.05, 0.1) is 18.6 Å². The summed E-state index contributed by atoms with van der Waals surface area (Å²) in [6.45, 7) is 4.10. The van der Waals surface area contributed by atoms with Crippen LogP contribution in [0.5, 0.6) is 0 Å². The fourth-order valence-corrected chi connectivity index (χ4v) is 4.37. The van der Waals surface area contributed by atoms with Crippen molar-refractivity contribution in [2.75, 3.05) is 0 Å². The van der Waals surface area contributed by atoms with Gasteiger partial charge in [-0.1, -0.05) is 38.1 Å². The van der Waals surface area contributed by atoms with Crippen LogP contribution in [0, 0.1) is 17.5 Å². The van der Waals surface area contributed by atoms with Crippen molar-refractivity contribution in [2.45, 2.75) is 49.0 Å². The van der Waals surface area contributed by atoms with Crippen LogP contribution in [0.4, 0.5) is 13.2 Å². The first-order valence-electron chi connectivity index (χ1n) is 10.6. The molecule has 2 atom stereocenters. The molecule has 2 aromatic carbocycles. The van der Waals surface area contributed by atoms with E-state index in [1.165, 1.54) is 18.3 Å². The molecule has 0 amide bonds. The van der Waals surface area contributed by atoms with Crippen LogP contribution in [0.15, 0.2) is 47.5 Å². The molecule has 1 heterocycles. The van der Waals surface area contributed by atoms with Gasteiger partial charge in [-0.3, -0.25) is 9.78 Å². The number of aromatic nitrogens is 1. The molecule has 180 valence electrons. The summed E-state index contributed by atoms with van der Waals surface area (Å²) in [5.41, 5.74) is 1.06. The molecule has 0 fully saturated rings. The summed E-state index contributed by atoms with van der Waals surface area (Å²) in [5, 5.41) is 29.1. The van der Waals surface area contributed by atoms with Gasteiger partial charge in [-0.05, 0) is 23.8 Å². The first-order chi connectivity index (χ1) is 16.1. The van der Waals surface area contributed by atoms with E-state index in [0.29, 0.717) is 21.9 Å². The highest BCUT2D eigenvalue weighted by Crippen LogP contribution is 2.36. The normalized spacial score (nSPS) is 13.6. The van der Waals surface area contributed by atoms with Crippen LogP contribution in [-0.2, 0) is 4.79 Å². The average molecular weight is 492 g/mol. The molecule has 0 saturated heterocycles. The molecule has 0 aliphatic rings. The van der Waals surface area contributed by atoms with E-state index in [-0.39, 0.29) is 17.3 Å². The predicted molar refractivity (Wildman–Crippen MR) is 126 cm³/mol. The van der Waals surface area contributed by atoms with Crippen LogP contribution in [0.25, 0.3) is 28.1 Å². The highest BCUT2D eigenvalue weighted by atomic mass is 32.2. The molecular formula is C25H24F3NO4S. The summed E-state index contributed by atoms with van der Waals surface area (Å²) in [7, 11) is 0. The number of thioether (sulfide) groups is 1. The fourth-order valence-electron chi connectivity index (χ4n) is 3.53. The van der Waals surface area contributed by atoms with Crippen LogP contribution in [0.1, 0.15) is 32.3 Å². The monoisotopic (exact) mass is 491 g/mol. The van der Waals surface area contributed by atoms with E-state index in [0.717, 1.165) is 11.0 Å². The number of aliphatic hydroxyl groups is 2. The number of hydrogen-bond acceptors (Lipinski definition) is 5. The Kier molecular flexibility index (Phi) is 8.35. The standard InChI is InChI=1S/C25H24F3NO4S/c1-13(2)34-18-7-4-14(5-8-18)22-15(3-6-16(30)9-17(31)10-21(32)33)12-29-25-19(22)11-20(26)23(27)24(25)28/h3-8,11-13,16-17,30-31H,9-10H2,1-2H3,(H,32,33)/b6-3+/t16-,17-/m1/s1. The molecule has 3 N–H and O–H groups in total. The molecule has 9 heteroatoms. The minimum absolute atomic E-state index is 0.0585. The fraction of sp³-hybridized carbons (Fsp3) is 0.280. The van der Waals surface area contributed by atoms with Crippen molar-refractivity contribution in [1.29, 1.82) is 0 Å². The van der Waals surface area contributed by atoms with E-state index in [9.17, 15) is 28.2 Å². The van der Waals surface area contributed by atoms with Gasteiger partial charge >= 0.3 is 5.97 Å². The molecule has 3 rings (SSSR count). The minimum atomic E-state index is -1.61. The zero-order valence-electron chi connectivity index (χ0n) is 18.5. The second-order valence-corrected chi connectivity index (χ2v) is 9.73. The summed E-state index contributed by atoms with van der Waals surface area (Å²) in [4.78, 5) is 15.7. The van der Waals surface area contributed by atoms with E-state index in [1.54, 1.807) is 23.9 Å². The third-order valence-electron chi connectivity index (χ3n) is 4.96. The number of hydrogen-bond donors (Lipinski definition) is 3. The Morgan fingerprint density at radius 3 is 2.41 bits per heavy atom. The molecule has 0 spiro atoms. The first kappa shape index (κ1) is 25.7. The molecule has 0 unspecified atom stereocenters. The highest BCUT2D eigenvalue weighted by molar-refractivity contribution is 7.99. The lowest BCUT2D eigenvalue weighted by atomic mass is 9.95. The van der Waals surface area contributed by atoms with Crippen LogP contribution in [0.2, 0.25) is 0 Å². The van der Waals surface area contributed by atoms with E-state index < -0.39 is 42.0 Å². The number of carbonyl (C=O) groups is 1. The Labute approximate surface area is 199 Å². The van der Waals surface area contributed by atoms with Gasteiger partial charge in [-0.15, -0.1) is 11.8 Å². The lowest BCUT2D eigenvalue weighted by Gasteiger charge is -2.14. The summed E-state index contributed by atoms with van der Waals surface area (Å²) in [6, 6.07) is 8.18. The molecular weight excluding hydrogens is 467 g/mol. The van der Waals surface area contributed by atoms with Gasteiger partial charge < -0.3 is 15.3 Å². The van der Waals surface area contributed by atoms with Crippen molar-refractivity contribution in [3.63, 3.8) is 0 Å². The Morgan fingerprint density at radius 1 is 1.12 bits per heavy atom. The molecule has 0 radical (unpaired) electrons. The largest absolute Gasteiger partial charge is 0.481 e. The van der Waals surface area contributed by atoms with Gasteiger partial charge in [0.15, 0.2) is 17.5 Å². The Bertz CT molecular complexity index is 1220. The maximum absolute atomic E-state index is 14.4. The minimum Gasteiger partial charge on any atom is -0.481 e. The average Bonchev–Trinajstić information content (AvgIpc) is 2.75. The number of pyridine rings is 1. The summed E-state index contributed by atoms with van der Waals surface area (Å²) >= 11 is 1.65. The third-order valence-corrected chi connectivity index (χ3v) is 5.98. The van der Waals surface area contributed by atoms with Crippen molar-refractivity contribution in [3.8, 4) is 11.1 Å². The van der Waals surface area contributed by atoms with Gasteiger partial charge in [-0.2, -0.15) is 0 Å². The zero-order valence-corrected chi connectivity index (χ0v) is 19.3. The van der Waals surface area contributed by atoms with E-state index in [1.807, 2.05) is 12.1 Å². The molecule has 0 aliphatic carbocycles. The molecule has 0 aliphatic heterocycles. The molecule has 0 bridgehead atoms. The molecule has 3 aromatic rings. The number of halogens is 3. The van der Waals surface area contributed by atoms with Crippen molar-refractivity contribution in [3.05, 3.63) is 65.6 Å². The number of nitrogens with zero attached hydrogens (tertiary/aromatic N) is 1. The highest BCUT2D eigenvalue weighted by Gasteiger charge is 2.20. The number of aliphatic carboxylic acids is 1. The number of aliphatic hydroxyl groups excluding tert-OH is 2. The van der Waals surface area contributed by atoms with Gasteiger partial charge in [0.1, 0.15) is 5.52 Å². The van der Waals surface area contributed by atoms with Gasteiger partial charge in [0.2, 0.25) is 0 Å². The van der Waals surface area contributed by atoms with Crippen LogP contribution in [0.3, 0.4) is 0 Å². The summed E-state index contributed by atoms with van der Waals surface area (Å²) in [5.74, 6) is -5.55. The zero-order chi connectivity index (χ0) is 25.0. The van der Waals surface area contributed by atoms with E-state index >= 15 is 0 Å². The Hall–Kier alpha value is -2.88. The number of fused-ring (bicyclic) bond motifs is 1. The molecule has 0 saturated carbocycles. The maximum Gasteiger partial charge on any atom is 0.305 e. The second-order valence-electron chi connectivity index (χ2n) is 8.08. The molecule has 5 nitrogen and oxygen atoms in total. The lowest BCUT2D eigenvalue weighted by molar-refractivity contribution is -0.139. The maximum atomic E-state index is 14.4. The van der Waals surface area contributed by atoms with Gasteiger partial charge in [0.25, 0.3) is 0 Å². The summed E-state index contributed by atoms with van der Waals surface area (Å²) < 4.78 is 42.4. The Morgan fingerprint density at radius 2 is 1.79 bits per heavy atom. The number of carboxylic acid groups (broad SMARTS) is 1. The van der Waals surface area contributed by atoms with E-state index in [4.69, 9.17) is 5.11 Å². The number of carboxylic acids is 1. The van der Waals surface area contributed by atoms with Crippen molar-refractivity contribution >= 4 is 34.7 Å². The molecule has 1 aromatic heterocycles.